The van der Waals surface area contributed by atoms with Crippen LogP contribution in [0.25, 0.3) is 10.2 Å². The number of ether oxygens (including phenoxy) is 1. The Morgan fingerprint density at radius 1 is 1.10 bits per heavy atom. The predicted molar refractivity (Wildman–Crippen MR) is 160 cm³/mol. The smallest absolute Gasteiger partial charge is 0.265 e. The minimum Gasteiger partial charge on any atom is -0.487 e. The third-order valence-corrected chi connectivity index (χ3v) is 9.49. The number of amides is 1. The summed E-state index contributed by atoms with van der Waals surface area (Å²) in [5, 5.41) is 16.7. The van der Waals surface area contributed by atoms with Crippen LogP contribution in [0.2, 0.25) is 0 Å². The molecule has 5 rings (SSSR count). The van der Waals surface area contributed by atoms with Crippen LogP contribution in [0.15, 0.2) is 59.1 Å². The molecule has 12 nitrogen and oxygen atoms in total. The molecule has 1 saturated heterocycles. The Morgan fingerprint density at radius 2 is 1.83 bits per heavy atom. The van der Waals surface area contributed by atoms with E-state index < -0.39 is 16.1 Å². The number of hydrogen-bond donors (Lipinski definition) is 2. The Bertz CT molecular complexity index is 1600. The summed E-state index contributed by atoms with van der Waals surface area (Å²) in [5.74, 6) is 0.441. The van der Waals surface area contributed by atoms with E-state index in [1.807, 2.05) is 19.9 Å². The second-order valence-electron chi connectivity index (χ2n) is 10.7. The van der Waals surface area contributed by atoms with Crippen LogP contribution < -0.4 is 15.2 Å². The van der Waals surface area contributed by atoms with Gasteiger partial charge in [0.1, 0.15) is 24.1 Å². The fourth-order valence-corrected chi connectivity index (χ4v) is 6.64. The summed E-state index contributed by atoms with van der Waals surface area (Å²) in [5.41, 5.74) is 2.43. The van der Waals surface area contributed by atoms with E-state index >= 15 is 0 Å². The molecular weight excluding hydrogens is 576 g/mol. The van der Waals surface area contributed by atoms with Gasteiger partial charge in [0.05, 0.1) is 16.4 Å². The van der Waals surface area contributed by atoms with E-state index in [4.69, 9.17) is 9.88 Å². The van der Waals surface area contributed by atoms with Gasteiger partial charge in [0.2, 0.25) is 10.2 Å². The van der Waals surface area contributed by atoms with E-state index in [2.05, 4.69) is 54.7 Å². The van der Waals surface area contributed by atoms with Crippen molar-refractivity contribution in [2.24, 2.45) is 11.1 Å². The minimum atomic E-state index is -3.87. The van der Waals surface area contributed by atoms with Gasteiger partial charge < -0.3 is 10.1 Å². The van der Waals surface area contributed by atoms with Crippen LogP contribution in [0.1, 0.15) is 31.1 Å². The number of thiazole rings is 1. The first kappa shape index (κ1) is 30.0. The van der Waals surface area contributed by atoms with Gasteiger partial charge in [-0.05, 0) is 29.7 Å². The van der Waals surface area contributed by atoms with E-state index in [1.165, 1.54) is 5.56 Å². The molecule has 0 spiro atoms. The lowest BCUT2D eigenvalue weighted by Gasteiger charge is -2.34. The summed E-state index contributed by atoms with van der Waals surface area (Å²) in [4.78, 5) is 22.0. The number of carbonyl (C=O) groups is 1. The number of sulfonamides is 1. The number of hydrogen-bond acceptors (Lipinski definition) is 10. The van der Waals surface area contributed by atoms with Gasteiger partial charge in [0.25, 0.3) is 10.0 Å². The summed E-state index contributed by atoms with van der Waals surface area (Å²) in [6.07, 6.45) is 1.72. The predicted octanol–water partition coefficient (Wildman–Crippen LogP) is 2.25. The van der Waals surface area contributed by atoms with Crippen molar-refractivity contribution in [3.63, 3.8) is 0 Å². The number of primary sulfonamides is 1. The molecule has 0 saturated carbocycles. The molecular formula is C28H36N8O4S2. The zero-order chi connectivity index (χ0) is 29.7. The van der Waals surface area contributed by atoms with Gasteiger partial charge in [0, 0.05) is 45.8 Å². The third kappa shape index (κ3) is 7.69. The van der Waals surface area contributed by atoms with Crippen LogP contribution in [0.5, 0.6) is 5.75 Å². The first-order valence-electron chi connectivity index (χ1n) is 13.9. The Labute approximate surface area is 249 Å². The first-order valence-corrected chi connectivity index (χ1v) is 16.3. The second kappa shape index (κ2) is 13.3. The molecule has 0 aliphatic carbocycles. The average Bonchev–Trinajstić information content (AvgIpc) is 3.60. The van der Waals surface area contributed by atoms with Crippen LogP contribution in [0.3, 0.4) is 0 Å². The Morgan fingerprint density at radius 3 is 2.55 bits per heavy atom. The summed E-state index contributed by atoms with van der Waals surface area (Å²) < 4.78 is 31.1. The normalized spacial score (nSPS) is 15.7. The molecule has 0 unspecified atom stereocenters. The molecule has 14 heteroatoms. The van der Waals surface area contributed by atoms with E-state index in [0.717, 1.165) is 50.6 Å². The van der Waals surface area contributed by atoms with Gasteiger partial charge in [-0.15, -0.1) is 16.4 Å². The molecule has 1 atom stereocenters. The maximum atomic E-state index is 13.2. The summed E-state index contributed by atoms with van der Waals surface area (Å²) in [6.45, 7) is 10.4. The molecule has 224 valence electrons. The van der Waals surface area contributed by atoms with Gasteiger partial charge in [-0.2, -0.15) is 0 Å². The van der Waals surface area contributed by atoms with Crippen LogP contribution >= 0.6 is 11.3 Å². The van der Waals surface area contributed by atoms with Crippen molar-refractivity contribution in [3.05, 3.63) is 66.0 Å². The van der Waals surface area contributed by atoms with Gasteiger partial charge in [-0.3, -0.25) is 14.6 Å². The topological polar surface area (TPSA) is 149 Å². The van der Waals surface area contributed by atoms with Crippen LogP contribution in [0, 0.1) is 5.92 Å². The number of aromatic nitrogens is 4. The monoisotopic (exact) mass is 612 g/mol. The van der Waals surface area contributed by atoms with Crippen molar-refractivity contribution in [2.75, 3.05) is 39.3 Å². The fraction of sp³-hybridized carbons (Fsp3) is 0.429. The van der Waals surface area contributed by atoms with Gasteiger partial charge in [-0.1, -0.05) is 49.4 Å². The standard InChI is InChI=1S/C28H36N8O4S2/c1-20(2)26(27(37)30-10-11-34-12-14-35(15-13-34)17-21-6-4-3-5-7-21)36-18-22(32-33-36)19-40-23-8-9-24-25(16-23)41-28(31-24)42(29,38)39/h3-9,16,18,20,26H,10-15,17,19H2,1-2H3,(H,30,37)(H2,29,38,39)/t26-/m0/s1. The lowest BCUT2D eigenvalue weighted by molar-refractivity contribution is -0.126. The number of benzene rings is 2. The average molecular weight is 613 g/mol. The lowest BCUT2D eigenvalue weighted by Crippen LogP contribution is -2.48. The Hall–Kier alpha value is -3.43. The molecule has 0 bridgehead atoms. The highest BCUT2D eigenvalue weighted by Gasteiger charge is 2.26. The van der Waals surface area contributed by atoms with Crippen molar-refractivity contribution >= 4 is 37.5 Å². The summed E-state index contributed by atoms with van der Waals surface area (Å²) in [7, 11) is -3.87. The van der Waals surface area contributed by atoms with Crippen molar-refractivity contribution in [1.29, 1.82) is 0 Å². The van der Waals surface area contributed by atoms with E-state index in [0.29, 0.717) is 28.2 Å². The lowest BCUT2D eigenvalue weighted by atomic mass is 10.0. The van der Waals surface area contributed by atoms with E-state index in [9.17, 15) is 13.2 Å². The maximum absolute atomic E-state index is 13.2. The van der Waals surface area contributed by atoms with Gasteiger partial charge in [0.15, 0.2) is 0 Å². The highest BCUT2D eigenvalue weighted by atomic mass is 32.2. The Balaban J connectivity index is 1.09. The number of nitrogens with zero attached hydrogens (tertiary/aromatic N) is 6. The molecule has 1 fully saturated rings. The first-order chi connectivity index (χ1) is 20.2. The van der Waals surface area contributed by atoms with Crippen molar-refractivity contribution < 1.29 is 17.9 Å². The minimum absolute atomic E-state index is 0.00348. The van der Waals surface area contributed by atoms with Gasteiger partial charge in [-0.25, -0.2) is 23.2 Å². The highest BCUT2D eigenvalue weighted by Crippen LogP contribution is 2.28. The number of nitrogens with two attached hydrogens (primary N) is 1. The number of rotatable bonds is 12. The second-order valence-corrected chi connectivity index (χ2v) is 13.5. The Kier molecular flexibility index (Phi) is 9.48. The van der Waals surface area contributed by atoms with Crippen LogP contribution in [-0.4, -0.2) is 83.4 Å². The molecule has 42 heavy (non-hydrogen) atoms. The van der Waals surface area contributed by atoms with Crippen molar-refractivity contribution in [2.45, 2.75) is 37.4 Å². The molecule has 0 radical (unpaired) electrons. The number of carbonyl (C=O) groups excluding carboxylic acids is 1. The number of fused-ring (bicyclic) bond motifs is 1. The summed E-state index contributed by atoms with van der Waals surface area (Å²) >= 11 is 0.984. The molecule has 2 aromatic heterocycles. The van der Waals surface area contributed by atoms with Gasteiger partial charge >= 0.3 is 0 Å². The van der Waals surface area contributed by atoms with Crippen LogP contribution in [-0.2, 0) is 28.0 Å². The maximum Gasteiger partial charge on any atom is 0.265 e. The fourth-order valence-electron chi connectivity index (χ4n) is 4.95. The largest absolute Gasteiger partial charge is 0.487 e. The highest BCUT2D eigenvalue weighted by molar-refractivity contribution is 7.91. The zero-order valence-electron chi connectivity index (χ0n) is 23.7. The number of piperazine rings is 1. The molecule has 1 aliphatic rings. The quantitative estimate of drug-likeness (QED) is 0.246. The van der Waals surface area contributed by atoms with Crippen molar-refractivity contribution in [3.8, 4) is 5.75 Å². The zero-order valence-corrected chi connectivity index (χ0v) is 25.4. The SMILES string of the molecule is CC(C)[C@@H](C(=O)NCCN1CCN(Cc2ccccc2)CC1)n1cc(COc2ccc3nc(S(N)(=O)=O)sc3c2)nn1. The molecule has 4 aromatic rings. The number of nitrogens with one attached hydrogen (secondary N) is 1. The molecule has 3 N–H and O–H groups in total. The molecule has 1 aliphatic heterocycles. The van der Waals surface area contributed by atoms with E-state index in [1.54, 1.807) is 29.1 Å². The third-order valence-electron chi connectivity index (χ3n) is 7.15. The van der Waals surface area contributed by atoms with Crippen molar-refractivity contribution in [1.82, 2.24) is 35.1 Å². The van der Waals surface area contributed by atoms with E-state index in [-0.39, 0.29) is 22.8 Å². The van der Waals surface area contributed by atoms with Crippen LogP contribution in [0.4, 0.5) is 0 Å². The molecule has 3 heterocycles. The molecule has 1 amide bonds. The summed E-state index contributed by atoms with van der Waals surface area (Å²) in [6, 6.07) is 15.1. The molecule has 2 aromatic carbocycles.